The maximum Gasteiger partial charge on any atom is 0.416 e. The largest absolute Gasteiger partial charge is 0.416 e. The standard InChI is InChI=1S/C26H22F3N3OS/c1-16-2-4-17(5-3-16)23-11-10-20(34-23)14-32-13-12-22-21(15-32)25(33)31-24(30-22)18-6-8-19(9-7-18)26(27,28)29/h2-11H,12-15H2,1H3,(H,30,31,33). The number of nitrogens with one attached hydrogen (secondary N) is 1. The Labute approximate surface area is 198 Å². The van der Waals surface area contributed by atoms with E-state index in [0.29, 0.717) is 35.6 Å². The van der Waals surface area contributed by atoms with E-state index in [1.54, 1.807) is 11.3 Å². The number of nitrogens with zero attached hydrogens (tertiary/aromatic N) is 2. The molecule has 0 aliphatic carbocycles. The third-order valence-electron chi connectivity index (χ3n) is 6.01. The quantitative estimate of drug-likeness (QED) is 0.386. The highest BCUT2D eigenvalue weighted by Gasteiger charge is 2.30. The lowest BCUT2D eigenvalue weighted by molar-refractivity contribution is -0.137. The van der Waals surface area contributed by atoms with E-state index in [1.807, 2.05) is 0 Å². The van der Waals surface area contributed by atoms with Crippen molar-refractivity contribution in [3.63, 3.8) is 0 Å². The number of H-pyrrole nitrogens is 1. The summed E-state index contributed by atoms with van der Waals surface area (Å²) in [5.41, 5.74) is 3.24. The van der Waals surface area contributed by atoms with Gasteiger partial charge in [0, 0.05) is 41.4 Å². The lowest BCUT2D eigenvalue weighted by Crippen LogP contribution is -2.35. The highest BCUT2D eigenvalue weighted by molar-refractivity contribution is 7.15. The van der Waals surface area contributed by atoms with Crippen LogP contribution in [-0.4, -0.2) is 21.4 Å². The zero-order valence-electron chi connectivity index (χ0n) is 18.4. The first-order valence-electron chi connectivity index (χ1n) is 10.9. The van der Waals surface area contributed by atoms with E-state index in [2.05, 4.69) is 58.2 Å². The van der Waals surface area contributed by atoms with Gasteiger partial charge in [0.15, 0.2) is 0 Å². The lowest BCUT2D eigenvalue weighted by Gasteiger charge is -2.27. The Balaban J connectivity index is 1.31. The number of aromatic amines is 1. The van der Waals surface area contributed by atoms with E-state index in [1.165, 1.54) is 33.0 Å². The molecule has 0 unspecified atom stereocenters. The van der Waals surface area contributed by atoms with Gasteiger partial charge < -0.3 is 4.98 Å². The molecule has 4 nitrogen and oxygen atoms in total. The number of aryl methyl sites for hydroxylation is 1. The van der Waals surface area contributed by atoms with Crippen molar-refractivity contribution < 1.29 is 13.2 Å². The van der Waals surface area contributed by atoms with Gasteiger partial charge in [0.2, 0.25) is 0 Å². The van der Waals surface area contributed by atoms with E-state index in [-0.39, 0.29) is 5.56 Å². The SMILES string of the molecule is Cc1ccc(-c2ccc(CN3CCc4nc(-c5ccc(C(F)(F)F)cc5)[nH]c(=O)c4C3)s2)cc1. The summed E-state index contributed by atoms with van der Waals surface area (Å²) in [6.45, 7) is 4.06. The van der Waals surface area contributed by atoms with Crippen molar-refractivity contribution in [2.24, 2.45) is 0 Å². The third-order valence-corrected chi connectivity index (χ3v) is 7.13. The molecular weight excluding hydrogens is 459 g/mol. The Kier molecular flexibility index (Phi) is 5.87. The molecule has 1 aliphatic rings. The van der Waals surface area contributed by atoms with Crippen LogP contribution in [0.4, 0.5) is 13.2 Å². The second-order valence-corrected chi connectivity index (χ2v) is 9.68. The van der Waals surface area contributed by atoms with Gasteiger partial charge in [0.1, 0.15) is 5.82 Å². The molecule has 4 aromatic rings. The number of fused-ring (bicyclic) bond motifs is 1. The first kappa shape index (κ1) is 22.6. The molecule has 0 saturated carbocycles. The van der Waals surface area contributed by atoms with Crippen LogP contribution in [-0.2, 0) is 25.7 Å². The highest BCUT2D eigenvalue weighted by Crippen LogP contribution is 2.31. The summed E-state index contributed by atoms with van der Waals surface area (Å²) in [6.07, 6.45) is -3.79. The van der Waals surface area contributed by atoms with Crippen LogP contribution in [0, 0.1) is 6.92 Å². The minimum atomic E-state index is -4.40. The number of halogens is 3. The summed E-state index contributed by atoms with van der Waals surface area (Å²) in [5, 5.41) is 0. The molecule has 2 aromatic heterocycles. The second kappa shape index (κ2) is 8.85. The zero-order valence-corrected chi connectivity index (χ0v) is 19.3. The van der Waals surface area contributed by atoms with Crippen LogP contribution in [0.5, 0.6) is 0 Å². The van der Waals surface area contributed by atoms with Crippen LogP contribution in [0.1, 0.15) is 27.3 Å². The molecule has 0 amide bonds. The van der Waals surface area contributed by atoms with Gasteiger partial charge in [-0.25, -0.2) is 4.98 Å². The van der Waals surface area contributed by atoms with Gasteiger partial charge in [-0.2, -0.15) is 13.2 Å². The number of aromatic nitrogens is 2. The molecule has 0 fully saturated rings. The number of hydrogen-bond acceptors (Lipinski definition) is 4. The fourth-order valence-corrected chi connectivity index (χ4v) is 5.18. The van der Waals surface area contributed by atoms with Crippen molar-refractivity contribution in [3.05, 3.63) is 98.3 Å². The molecule has 174 valence electrons. The molecule has 1 aliphatic heterocycles. The molecular formula is C26H22F3N3OS. The van der Waals surface area contributed by atoms with Crippen LogP contribution in [0.3, 0.4) is 0 Å². The summed E-state index contributed by atoms with van der Waals surface area (Å²) in [4.78, 5) is 24.8. The van der Waals surface area contributed by atoms with Crippen molar-refractivity contribution in [1.82, 2.24) is 14.9 Å². The second-order valence-electron chi connectivity index (χ2n) is 8.51. The summed E-state index contributed by atoms with van der Waals surface area (Å²) in [6, 6.07) is 17.4. The zero-order chi connectivity index (χ0) is 23.9. The topological polar surface area (TPSA) is 49.0 Å². The first-order chi connectivity index (χ1) is 16.3. The summed E-state index contributed by atoms with van der Waals surface area (Å²) >= 11 is 1.75. The third kappa shape index (κ3) is 4.69. The van der Waals surface area contributed by atoms with E-state index >= 15 is 0 Å². The fourth-order valence-electron chi connectivity index (χ4n) is 4.13. The van der Waals surface area contributed by atoms with Crippen molar-refractivity contribution in [1.29, 1.82) is 0 Å². The molecule has 0 spiro atoms. The Morgan fingerprint density at radius 3 is 2.41 bits per heavy atom. The van der Waals surface area contributed by atoms with Gasteiger partial charge in [0.25, 0.3) is 5.56 Å². The van der Waals surface area contributed by atoms with Gasteiger partial charge in [-0.3, -0.25) is 9.69 Å². The summed E-state index contributed by atoms with van der Waals surface area (Å²) in [7, 11) is 0. The monoisotopic (exact) mass is 481 g/mol. The Hall–Kier alpha value is -3.23. The Morgan fingerprint density at radius 1 is 1.00 bits per heavy atom. The molecule has 1 N–H and O–H groups in total. The molecule has 0 bridgehead atoms. The van der Waals surface area contributed by atoms with Gasteiger partial charge in [-0.05, 0) is 36.8 Å². The van der Waals surface area contributed by atoms with Crippen LogP contribution in [0.15, 0.2) is 65.5 Å². The van der Waals surface area contributed by atoms with Gasteiger partial charge in [-0.1, -0.05) is 42.0 Å². The minimum absolute atomic E-state index is 0.240. The summed E-state index contributed by atoms with van der Waals surface area (Å²) in [5.74, 6) is 0.298. The van der Waals surface area contributed by atoms with Crippen LogP contribution in [0.25, 0.3) is 21.8 Å². The minimum Gasteiger partial charge on any atom is -0.306 e. The number of thiophene rings is 1. The maximum atomic E-state index is 12.8. The molecule has 8 heteroatoms. The van der Waals surface area contributed by atoms with Crippen LogP contribution < -0.4 is 5.56 Å². The van der Waals surface area contributed by atoms with Crippen LogP contribution in [0.2, 0.25) is 0 Å². The van der Waals surface area contributed by atoms with Crippen molar-refractivity contribution >= 4 is 11.3 Å². The number of hydrogen-bond donors (Lipinski definition) is 1. The lowest BCUT2D eigenvalue weighted by atomic mass is 10.1. The van der Waals surface area contributed by atoms with Crippen molar-refractivity contribution in [3.8, 4) is 21.8 Å². The predicted molar refractivity (Wildman–Crippen MR) is 128 cm³/mol. The van der Waals surface area contributed by atoms with Crippen molar-refractivity contribution in [2.75, 3.05) is 6.54 Å². The first-order valence-corrected chi connectivity index (χ1v) is 11.8. The molecule has 0 radical (unpaired) electrons. The molecule has 0 atom stereocenters. The average Bonchev–Trinajstić information content (AvgIpc) is 3.28. The molecule has 2 aromatic carbocycles. The van der Waals surface area contributed by atoms with Crippen molar-refractivity contribution in [2.45, 2.75) is 32.6 Å². The highest BCUT2D eigenvalue weighted by atomic mass is 32.1. The Morgan fingerprint density at radius 2 is 1.71 bits per heavy atom. The van der Waals surface area contributed by atoms with E-state index in [0.717, 1.165) is 25.2 Å². The fraction of sp³-hybridized carbons (Fsp3) is 0.231. The Bertz CT molecular complexity index is 1370. The van der Waals surface area contributed by atoms with E-state index < -0.39 is 11.7 Å². The smallest absolute Gasteiger partial charge is 0.306 e. The number of benzene rings is 2. The number of rotatable bonds is 4. The van der Waals surface area contributed by atoms with Gasteiger partial charge in [0.05, 0.1) is 16.8 Å². The molecule has 3 heterocycles. The normalized spacial score (nSPS) is 14.2. The molecule has 5 rings (SSSR count). The molecule has 0 saturated heterocycles. The van der Waals surface area contributed by atoms with Gasteiger partial charge in [-0.15, -0.1) is 11.3 Å². The molecule has 34 heavy (non-hydrogen) atoms. The van der Waals surface area contributed by atoms with E-state index in [9.17, 15) is 18.0 Å². The number of alkyl halides is 3. The van der Waals surface area contributed by atoms with E-state index in [4.69, 9.17) is 0 Å². The summed E-state index contributed by atoms with van der Waals surface area (Å²) < 4.78 is 38.5. The maximum absolute atomic E-state index is 12.8. The average molecular weight is 482 g/mol. The van der Waals surface area contributed by atoms with Gasteiger partial charge >= 0.3 is 6.18 Å². The predicted octanol–water partition coefficient (Wildman–Crippen LogP) is 6.05. The van der Waals surface area contributed by atoms with Crippen LogP contribution >= 0.6 is 11.3 Å².